The van der Waals surface area contributed by atoms with Crippen LogP contribution in [0.4, 0.5) is 8.78 Å². The fourth-order valence-corrected chi connectivity index (χ4v) is 3.38. The summed E-state index contributed by atoms with van der Waals surface area (Å²) >= 11 is 1.16. The lowest BCUT2D eigenvalue weighted by molar-refractivity contribution is -0.128. The monoisotopic (exact) mass is 403 g/mol. The van der Waals surface area contributed by atoms with E-state index in [1.54, 1.807) is 29.2 Å². The van der Waals surface area contributed by atoms with Gasteiger partial charge < -0.3 is 10.7 Å². The van der Waals surface area contributed by atoms with Gasteiger partial charge in [-0.15, -0.1) is 10.2 Å². The second-order valence-corrected chi connectivity index (χ2v) is 6.95. The summed E-state index contributed by atoms with van der Waals surface area (Å²) in [6.07, 6.45) is 0. The molecule has 0 fully saturated rings. The van der Waals surface area contributed by atoms with E-state index in [1.807, 2.05) is 6.92 Å². The van der Waals surface area contributed by atoms with Crippen LogP contribution in [0.15, 0.2) is 53.7 Å². The minimum absolute atomic E-state index is 0.113. The van der Waals surface area contributed by atoms with Gasteiger partial charge in [-0.25, -0.2) is 13.5 Å². The largest absolute Gasteiger partial charge is 0.338 e. The van der Waals surface area contributed by atoms with Crippen molar-refractivity contribution >= 4 is 17.7 Å². The molecule has 9 heteroatoms. The molecule has 6 nitrogen and oxygen atoms in total. The summed E-state index contributed by atoms with van der Waals surface area (Å²) in [6.45, 7) is 2.68. The lowest BCUT2D eigenvalue weighted by Crippen LogP contribution is -2.32. The number of amides is 1. The zero-order valence-electron chi connectivity index (χ0n) is 15.2. The van der Waals surface area contributed by atoms with Crippen molar-refractivity contribution in [1.82, 2.24) is 19.8 Å². The summed E-state index contributed by atoms with van der Waals surface area (Å²) in [6, 6.07) is 11.9. The Kier molecular flexibility index (Phi) is 6.25. The normalized spacial score (nSPS) is 10.8. The Morgan fingerprint density at radius 3 is 2.57 bits per heavy atom. The molecule has 0 saturated heterocycles. The molecule has 0 unspecified atom stereocenters. The summed E-state index contributed by atoms with van der Waals surface area (Å²) in [7, 11) is 0. The Balaban J connectivity index is 1.64. The van der Waals surface area contributed by atoms with Gasteiger partial charge in [-0.3, -0.25) is 4.79 Å². The molecule has 3 aromatic rings. The minimum atomic E-state index is -0.356. The summed E-state index contributed by atoms with van der Waals surface area (Å²) in [5, 5.41) is 8.39. The third-order valence-corrected chi connectivity index (χ3v) is 5.02. The molecule has 0 atom stereocenters. The number of rotatable bonds is 7. The maximum atomic E-state index is 13.3. The van der Waals surface area contributed by atoms with Crippen LogP contribution in [-0.4, -0.2) is 38.0 Å². The molecular weight excluding hydrogens is 384 g/mol. The molecule has 2 N–H and O–H groups in total. The highest BCUT2D eigenvalue weighted by molar-refractivity contribution is 7.99. The molecule has 1 heterocycles. The van der Waals surface area contributed by atoms with Crippen LogP contribution in [0.3, 0.4) is 0 Å². The van der Waals surface area contributed by atoms with Gasteiger partial charge in [0.1, 0.15) is 11.6 Å². The fourth-order valence-electron chi connectivity index (χ4n) is 2.62. The van der Waals surface area contributed by atoms with E-state index in [0.29, 0.717) is 29.6 Å². The Labute approximate surface area is 165 Å². The number of aromatic nitrogens is 3. The molecule has 0 aliphatic rings. The number of carbonyl (C=O) groups excluding carboxylic acids is 1. The summed E-state index contributed by atoms with van der Waals surface area (Å²) < 4.78 is 27.7. The van der Waals surface area contributed by atoms with E-state index in [1.165, 1.54) is 28.9 Å². The Hall–Kier alpha value is -2.94. The lowest BCUT2D eigenvalue weighted by Gasteiger charge is -2.20. The highest BCUT2D eigenvalue weighted by Crippen LogP contribution is 2.22. The number of nitrogen functional groups attached to an aromatic ring is 1. The number of thioether (sulfide) groups is 1. The van der Waals surface area contributed by atoms with E-state index in [-0.39, 0.29) is 23.3 Å². The number of hydrogen-bond acceptors (Lipinski definition) is 5. The highest BCUT2D eigenvalue weighted by atomic mass is 32.2. The van der Waals surface area contributed by atoms with Gasteiger partial charge in [0.25, 0.3) is 0 Å². The maximum absolute atomic E-state index is 13.3. The van der Waals surface area contributed by atoms with Gasteiger partial charge >= 0.3 is 0 Å². The van der Waals surface area contributed by atoms with Crippen LogP contribution in [0.2, 0.25) is 0 Å². The Bertz CT molecular complexity index is 961. The van der Waals surface area contributed by atoms with E-state index in [2.05, 4.69) is 10.2 Å². The zero-order valence-corrected chi connectivity index (χ0v) is 16.0. The molecule has 0 radical (unpaired) electrons. The maximum Gasteiger partial charge on any atom is 0.233 e. The van der Waals surface area contributed by atoms with Gasteiger partial charge in [0.2, 0.25) is 11.1 Å². The minimum Gasteiger partial charge on any atom is -0.338 e. The Morgan fingerprint density at radius 2 is 1.89 bits per heavy atom. The van der Waals surface area contributed by atoms with Gasteiger partial charge in [-0.2, -0.15) is 0 Å². The van der Waals surface area contributed by atoms with Gasteiger partial charge in [0.05, 0.1) is 5.75 Å². The van der Waals surface area contributed by atoms with Gasteiger partial charge in [-0.1, -0.05) is 23.9 Å². The molecule has 3 rings (SSSR count). The van der Waals surface area contributed by atoms with Gasteiger partial charge in [-0.05, 0) is 48.9 Å². The van der Waals surface area contributed by atoms with Gasteiger partial charge in [0.15, 0.2) is 5.82 Å². The van der Waals surface area contributed by atoms with Crippen molar-refractivity contribution < 1.29 is 13.6 Å². The molecule has 0 aliphatic heterocycles. The van der Waals surface area contributed by atoms with Crippen molar-refractivity contribution in [2.24, 2.45) is 0 Å². The van der Waals surface area contributed by atoms with Crippen molar-refractivity contribution in [1.29, 1.82) is 0 Å². The average Bonchev–Trinajstić information content (AvgIpc) is 3.05. The van der Waals surface area contributed by atoms with Crippen LogP contribution in [0, 0.1) is 11.6 Å². The van der Waals surface area contributed by atoms with E-state index in [4.69, 9.17) is 5.84 Å². The quantitative estimate of drug-likeness (QED) is 0.485. The van der Waals surface area contributed by atoms with E-state index in [0.717, 1.165) is 17.3 Å². The van der Waals surface area contributed by atoms with E-state index >= 15 is 0 Å². The van der Waals surface area contributed by atoms with Crippen LogP contribution in [0.5, 0.6) is 0 Å². The van der Waals surface area contributed by atoms with E-state index in [9.17, 15) is 13.6 Å². The molecule has 146 valence electrons. The number of benzene rings is 2. The molecule has 0 aliphatic carbocycles. The van der Waals surface area contributed by atoms with Crippen LogP contribution in [-0.2, 0) is 11.3 Å². The standard InChI is InChI=1S/C19H19F2N5OS/c1-2-25(11-13-4-3-5-16(21)10-13)17(27)12-28-19-24-23-18(26(19)22)14-6-8-15(20)9-7-14/h3-10H,2,11-12,22H2,1H3. The topological polar surface area (TPSA) is 77.0 Å². The van der Waals surface area contributed by atoms with Crippen LogP contribution >= 0.6 is 11.8 Å². The number of carbonyl (C=O) groups is 1. The van der Waals surface area contributed by atoms with E-state index < -0.39 is 0 Å². The number of nitrogens with two attached hydrogens (primary N) is 1. The molecule has 2 aromatic carbocycles. The second kappa shape index (κ2) is 8.83. The average molecular weight is 403 g/mol. The van der Waals surface area contributed by atoms with Crippen molar-refractivity contribution in [3.63, 3.8) is 0 Å². The van der Waals surface area contributed by atoms with Crippen LogP contribution < -0.4 is 5.84 Å². The SMILES string of the molecule is CCN(Cc1cccc(F)c1)C(=O)CSc1nnc(-c2ccc(F)cc2)n1N. The molecule has 0 saturated carbocycles. The second-order valence-electron chi connectivity index (χ2n) is 6.01. The van der Waals surface area contributed by atoms with Crippen molar-refractivity contribution in [3.8, 4) is 11.4 Å². The first-order valence-electron chi connectivity index (χ1n) is 8.59. The van der Waals surface area contributed by atoms with Gasteiger partial charge in [0, 0.05) is 18.7 Å². The predicted octanol–water partition coefficient (Wildman–Crippen LogP) is 3.08. The smallest absolute Gasteiger partial charge is 0.233 e. The first kappa shape index (κ1) is 19.8. The Morgan fingerprint density at radius 1 is 1.14 bits per heavy atom. The molecule has 28 heavy (non-hydrogen) atoms. The third-order valence-electron chi connectivity index (χ3n) is 4.09. The van der Waals surface area contributed by atoms with Crippen LogP contribution in [0.1, 0.15) is 12.5 Å². The molecule has 1 amide bonds. The predicted molar refractivity (Wildman–Crippen MR) is 104 cm³/mol. The molecule has 1 aromatic heterocycles. The number of nitrogens with zero attached hydrogens (tertiary/aromatic N) is 4. The highest BCUT2D eigenvalue weighted by Gasteiger charge is 2.17. The lowest BCUT2D eigenvalue weighted by atomic mass is 10.2. The van der Waals surface area contributed by atoms with Crippen molar-refractivity contribution in [2.45, 2.75) is 18.6 Å². The fraction of sp³-hybridized carbons (Fsp3) is 0.211. The summed E-state index contributed by atoms with van der Waals surface area (Å²) in [5.41, 5.74) is 1.34. The first-order chi connectivity index (χ1) is 13.5. The van der Waals surface area contributed by atoms with Crippen molar-refractivity contribution in [3.05, 3.63) is 65.7 Å². The number of hydrogen-bond donors (Lipinski definition) is 1. The molecular formula is C19H19F2N5OS. The number of halogens is 2. The molecule has 0 bridgehead atoms. The zero-order chi connectivity index (χ0) is 20.1. The van der Waals surface area contributed by atoms with Crippen LogP contribution in [0.25, 0.3) is 11.4 Å². The summed E-state index contributed by atoms with van der Waals surface area (Å²) in [4.78, 5) is 14.2. The third kappa shape index (κ3) is 4.66. The first-order valence-corrected chi connectivity index (χ1v) is 9.58. The molecule has 0 spiro atoms. The van der Waals surface area contributed by atoms with Crippen molar-refractivity contribution in [2.75, 3.05) is 18.1 Å². The summed E-state index contributed by atoms with van der Waals surface area (Å²) in [5.74, 6) is 5.70.